The fraction of sp³-hybridized carbons (Fsp3) is 0.300. The van der Waals surface area contributed by atoms with Gasteiger partial charge in [0.05, 0.1) is 17.6 Å². The van der Waals surface area contributed by atoms with E-state index in [9.17, 15) is 4.79 Å². The third kappa shape index (κ3) is 4.56. The topological polar surface area (TPSA) is 56.1 Å². The van der Waals surface area contributed by atoms with Crippen molar-refractivity contribution in [2.24, 2.45) is 5.92 Å². The van der Waals surface area contributed by atoms with Crippen LogP contribution >= 0.6 is 23.2 Å². The molecule has 1 heterocycles. The minimum absolute atomic E-state index is 0.0185. The number of anilines is 1. The summed E-state index contributed by atoms with van der Waals surface area (Å²) in [4.78, 5) is 14.8. The van der Waals surface area contributed by atoms with E-state index in [1.165, 1.54) is 0 Å². The predicted octanol–water partition coefficient (Wildman–Crippen LogP) is 4.72. The van der Waals surface area contributed by atoms with E-state index in [-0.39, 0.29) is 11.8 Å². The molecule has 3 rings (SSSR count). The fourth-order valence-electron chi connectivity index (χ4n) is 3.23. The van der Waals surface area contributed by atoms with Crippen LogP contribution in [0.25, 0.3) is 0 Å². The summed E-state index contributed by atoms with van der Waals surface area (Å²) in [6, 6.07) is 14.5. The highest BCUT2D eigenvalue weighted by Gasteiger charge is 2.26. The SMILES string of the molecule is N#Cc1cccc(NC(=O)C2CCCN(Cc3c(Cl)cccc3Cl)C2)c1. The molecule has 0 aliphatic carbocycles. The molecule has 134 valence electrons. The van der Waals surface area contributed by atoms with Crippen molar-refractivity contribution in [2.75, 3.05) is 18.4 Å². The van der Waals surface area contributed by atoms with Gasteiger partial charge in [0.1, 0.15) is 0 Å². The minimum atomic E-state index is -0.101. The number of piperidine rings is 1. The molecule has 26 heavy (non-hydrogen) atoms. The van der Waals surface area contributed by atoms with Gasteiger partial charge in [-0.3, -0.25) is 9.69 Å². The Morgan fingerprint density at radius 2 is 1.96 bits per heavy atom. The maximum absolute atomic E-state index is 12.6. The molecule has 0 bridgehead atoms. The number of benzene rings is 2. The predicted molar refractivity (Wildman–Crippen MR) is 104 cm³/mol. The Balaban J connectivity index is 1.64. The molecule has 0 saturated carbocycles. The maximum atomic E-state index is 12.6. The number of rotatable bonds is 4. The molecule has 1 unspecified atom stereocenters. The van der Waals surface area contributed by atoms with E-state index in [2.05, 4.69) is 16.3 Å². The number of carbonyl (C=O) groups is 1. The van der Waals surface area contributed by atoms with Gasteiger partial charge in [-0.05, 0) is 49.7 Å². The summed E-state index contributed by atoms with van der Waals surface area (Å²) in [6.45, 7) is 2.20. The van der Waals surface area contributed by atoms with Crippen molar-refractivity contribution < 1.29 is 4.79 Å². The monoisotopic (exact) mass is 387 g/mol. The number of nitrogens with zero attached hydrogens (tertiary/aromatic N) is 2. The number of nitriles is 1. The smallest absolute Gasteiger partial charge is 0.228 e. The number of amides is 1. The molecule has 4 nitrogen and oxygen atoms in total. The van der Waals surface area contributed by atoms with Crippen molar-refractivity contribution in [1.29, 1.82) is 5.26 Å². The van der Waals surface area contributed by atoms with Crippen molar-refractivity contribution in [1.82, 2.24) is 4.90 Å². The van der Waals surface area contributed by atoms with E-state index < -0.39 is 0 Å². The molecule has 2 aromatic carbocycles. The first kappa shape index (κ1) is 18.7. The highest BCUT2D eigenvalue weighted by Crippen LogP contribution is 2.28. The van der Waals surface area contributed by atoms with E-state index >= 15 is 0 Å². The third-order valence-corrected chi connectivity index (χ3v) is 5.29. The van der Waals surface area contributed by atoms with Crippen LogP contribution in [0.2, 0.25) is 10.0 Å². The molecule has 1 aliphatic heterocycles. The second kappa shape index (κ2) is 8.55. The highest BCUT2D eigenvalue weighted by molar-refractivity contribution is 6.35. The average molecular weight is 388 g/mol. The van der Waals surface area contributed by atoms with Crippen molar-refractivity contribution in [3.63, 3.8) is 0 Å². The molecule has 6 heteroatoms. The number of hydrogen-bond acceptors (Lipinski definition) is 3. The normalized spacial score (nSPS) is 17.5. The quantitative estimate of drug-likeness (QED) is 0.825. The maximum Gasteiger partial charge on any atom is 0.228 e. The van der Waals surface area contributed by atoms with Gasteiger partial charge in [0.25, 0.3) is 0 Å². The lowest BCUT2D eigenvalue weighted by Gasteiger charge is -2.32. The Hall–Kier alpha value is -2.06. The average Bonchev–Trinajstić information content (AvgIpc) is 2.65. The molecular formula is C20H19Cl2N3O. The van der Waals surface area contributed by atoms with Crippen molar-refractivity contribution in [2.45, 2.75) is 19.4 Å². The second-order valence-corrected chi connectivity index (χ2v) is 7.27. The van der Waals surface area contributed by atoms with E-state index in [0.717, 1.165) is 24.9 Å². The van der Waals surface area contributed by atoms with Crippen LogP contribution in [0.15, 0.2) is 42.5 Å². The molecule has 2 aromatic rings. The Morgan fingerprint density at radius 1 is 1.23 bits per heavy atom. The van der Waals surface area contributed by atoms with Crippen LogP contribution in [0.4, 0.5) is 5.69 Å². The second-order valence-electron chi connectivity index (χ2n) is 6.46. The first-order valence-corrected chi connectivity index (χ1v) is 9.28. The first-order chi connectivity index (χ1) is 12.6. The zero-order chi connectivity index (χ0) is 18.5. The molecule has 0 aromatic heterocycles. The number of hydrogen-bond donors (Lipinski definition) is 1. The van der Waals surface area contributed by atoms with Gasteiger partial charge in [0.2, 0.25) is 5.91 Å². The van der Waals surface area contributed by atoms with Crippen LogP contribution in [0.5, 0.6) is 0 Å². The molecule has 1 saturated heterocycles. The highest BCUT2D eigenvalue weighted by atomic mass is 35.5. The van der Waals surface area contributed by atoms with E-state index in [0.29, 0.717) is 34.4 Å². The van der Waals surface area contributed by atoms with Crippen molar-refractivity contribution in [3.8, 4) is 6.07 Å². The number of nitrogens with one attached hydrogen (secondary N) is 1. The Morgan fingerprint density at radius 3 is 2.69 bits per heavy atom. The van der Waals surface area contributed by atoms with Gasteiger partial charge in [-0.2, -0.15) is 5.26 Å². The Labute approximate surface area is 163 Å². The van der Waals surface area contributed by atoms with Crippen LogP contribution in [0, 0.1) is 17.2 Å². The lowest BCUT2D eigenvalue weighted by molar-refractivity contribution is -0.121. The summed E-state index contributed by atoms with van der Waals surface area (Å²) in [7, 11) is 0. The largest absolute Gasteiger partial charge is 0.326 e. The van der Waals surface area contributed by atoms with Gasteiger partial charge in [0.15, 0.2) is 0 Å². The molecule has 1 aliphatic rings. The standard InChI is InChI=1S/C20H19Cl2N3O/c21-18-7-2-8-19(22)17(18)13-25-9-3-5-15(12-25)20(26)24-16-6-1-4-14(10-16)11-23/h1-2,4,6-8,10,15H,3,5,9,12-13H2,(H,24,26). The molecule has 1 atom stereocenters. The summed E-state index contributed by atoms with van der Waals surface area (Å²) < 4.78 is 0. The molecule has 1 N–H and O–H groups in total. The van der Waals surface area contributed by atoms with Gasteiger partial charge in [-0.25, -0.2) is 0 Å². The Kier molecular flexibility index (Phi) is 6.16. The summed E-state index contributed by atoms with van der Waals surface area (Å²) in [5.74, 6) is -0.120. The van der Waals surface area contributed by atoms with Crippen LogP contribution in [0.1, 0.15) is 24.0 Å². The molecule has 1 amide bonds. The summed E-state index contributed by atoms with van der Waals surface area (Å²) >= 11 is 12.5. The Bertz CT molecular complexity index is 827. The minimum Gasteiger partial charge on any atom is -0.326 e. The number of halogens is 2. The van der Waals surface area contributed by atoms with Crippen LogP contribution in [-0.4, -0.2) is 23.9 Å². The first-order valence-electron chi connectivity index (χ1n) is 8.53. The molecule has 0 spiro atoms. The van der Waals surface area contributed by atoms with E-state index in [4.69, 9.17) is 28.5 Å². The summed E-state index contributed by atoms with van der Waals surface area (Å²) in [6.07, 6.45) is 1.79. The van der Waals surface area contributed by atoms with Gasteiger partial charge in [0, 0.05) is 34.4 Å². The zero-order valence-electron chi connectivity index (χ0n) is 14.2. The fourth-order valence-corrected chi connectivity index (χ4v) is 3.75. The molecule has 1 fully saturated rings. The zero-order valence-corrected chi connectivity index (χ0v) is 15.7. The van der Waals surface area contributed by atoms with Crippen molar-refractivity contribution >= 4 is 34.8 Å². The molecular weight excluding hydrogens is 369 g/mol. The van der Waals surface area contributed by atoms with Gasteiger partial charge in [-0.15, -0.1) is 0 Å². The van der Waals surface area contributed by atoms with E-state index in [1.54, 1.807) is 24.3 Å². The van der Waals surface area contributed by atoms with Crippen LogP contribution in [0.3, 0.4) is 0 Å². The van der Waals surface area contributed by atoms with Crippen LogP contribution < -0.4 is 5.32 Å². The molecule has 0 radical (unpaired) electrons. The van der Waals surface area contributed by atoms with Gasteiger partial charge < -0.3 is 5.32 Å². The summed E-state index contributed by atoms with van der Waals surface area (Å²) in [5.41, 5.74) is 2.08. The van der Waals surface area contributed by atoms with Crippen molar-refractivity contribution in [3.05, 3.63) is 63.6 Å². The lowest BCUT2D eigenvalue weighted by atomic mass is 9.96. The van der Waals surface area contributed by atoms with Gasteiger partial charge >= 0.3 is 0 Å². The third-order valence-electron chi connectivity index (χ3n) is 4.58. The summed E-state index contributed by atoms with van der Waals surface area (Å²) in [5, 5.41) is 13.2. The van der Waals surface area contributed by atoms with E-state index in [1.807, 2.05) is 18.2 Å². The van der Waals surface area contributed by atoms with Gasteiger partial charge in [-0.1, -0.05) is 35.3 Å². The van der Waals surface area contributed by atoms with Crippen LogP contribution in [-0.2, 0) is 11.3 Å². The number of carbonyl (C=O) groups excluding carboxylic acids is 1. The lowest BCUT2D eigenvalue weighted by Crippen LogP contribution is -2.40. The number of likely N-dealkylation sites (tertiary alicyclic amines) is 1.